The van der Waals surface area contributed by atoms with Gasteiger partial charge in [-0.3, -0.25) is 4.90 Å². The molecular weight excluding hydrogens is 212 g/mol. The van der Waals surface area contributed by atoms with Crippen molar-refractivity contribution in [2.24, 2.45) is 5.73 Å². The molecule has 0 aliphatic carbocycles. The lowest BCUT2D eigenvalue weighted by Gasteiger charge is -2.37. The van der Waals surface area contributed by atoms with Crippen molar-refractivity contribution in [2.45, 2.75) is 25.9 Å². The fraction of sp³-hybridized carbons (Fsp3) is 0.571. The van der Waals surface area contributed by atoms with E-state index in [9.17, 15) is 0 Å². The Kier molecular flexibility index (Phi) is 5.62. The van der Waals surface area contributed by atoms with Crippen LogP contribution in [0.25, 0.3) is 0 Å². The molecule has 96 valence electrons. The lowest BCUT2D eigenvalue weighted by molar-refractivity contribution is 0.0202. The molecule has 1 rings (SSSR count). The molecule has 0 amide bonds. The predicted octanol–water partition coefficient (Wildman–Crippen LogP) is 1.87. The number of nitrogens with two attached hydrogens (primary N) is 1. The molecule has 1 unspecified atom stereocenters. The number of rotatable bonds is 7. The molecule has 0 saturated heterocycles. The van der Waals surface area contributed by atoms with Gasteiger partial charge in [0.15, 0.2) is 0 Å². The second kappa shape index (κ2) is 6.74. The molecule has 1 atom stereocenters. The Labute approximate surface area is 105 Å². The summed E-state index contributed by atoms with van der Waals surface area (Å²) in [4.78, 5) is 2.26. The summed E-state index contributed by atoms with van der Waals surface area (Å²) in [6.07, 6.45) is 0. The van der Waals surface area contributed by atoms with E-state index in [4.69, 9.17) is 10.5 Å². The van der Waals surface area contributed by atoms with Crippen LogP contribution in [0, 0.1) is 0 Å². The second-order valence-electron chi connectivity index (χ2n) is 4.68. The minimum atomic E-state index is -0.105. The van der Waals surface area contributed by atoms with Crippen LogP contribution in [-0.2, 0) is 11.3 Å². The Bertz CT molecular complexity index is 315. The van der Waals surface area contributed by atoms with Gasteiger partial charge in [0.25, 0.3) is 0 Å². The van der Waals surface area contributed by atoms with E-state index in [2.05, 4.69) is 43.1 Å². The zero-order chi connectivity index (χ0) is 12.7. The Morgan fingerprint density at radius 2 is 1.94 bits per heavy atom. The molecule has 0 aliphatic heterocycles. The van der Waals surface area contributed by atoms with Gasteiger partial charge in [0.2, 0.25) is 0 Å². The van der Waals surface area contributed by atoms with Crippen molar-refractivity contribution in [3.8, 4) is 0 Å². The van der Waals surface area contributed by atoms with Gasteiger partial charge in [-0.15, -0.1) is 0 Å². The van der Waals surface area contributed by atoms with Crippen LogP contribution in [0.15, 0.2) is 30.3 Å². The molecule has 1 aromatic rings. The number of benzene rings is 1. The van der Waals surface area contributed by atoms with Gasteiger partial charge < -0.3 is 10.5 Å². The van der Waals surface area contributed by atoms with Gasteiger partial charge in [0.1, 0.15) is 0 Å². The molecule has 0 fully saturated rings. The lowest BCUT2D eigenvalue weighted by Crippen LogP contribution is -2.52. The molecular formula is C14H24N2O. The smallest absolute Gasteiger partial charge is 0.0659 e. The molecule has 3 heteroatoms. The quantitative estimate of drug-likeness (QED) is 0.785. The first-order valence-corrected chi connectivity index (χ1v) is 6.15. The van der Waals surface area contributed by atoms with Crippen molar-refractivity contribution < 1.29 is 4.74 Å². The monoisotopic (exact) mass is 236 g/mol. The molecule has 0 saturated carbocycles. The topological polar surface area (TPSA) is 38.5 Å². The number of hydrogen-bond acceptors (Lipinski definition) is 3. The van der Waals surface area contributed by atoms with E-state index in [0.29, 0.717) is 13.2 Å². The maximum absolute atomic E-state index is 5.88. The predicted molar refractivity (Wildman–Crippen MR) is 71.9 cm³/mol. The first-order valence-electron chi connectivity index (χ1n) is 6.15. The van der Waals surface area contributed by atoms with E-state index < -0.39 is 0 Å². The van der Waals surface area contributed by atoms with E-state index in [-0.39, 0.29) is 5.54 Å². The van der Waals surface area contributed by atoms with Crippen molar-refractivity contribution >= 4 is 0 Å². The maximum atomic E-state index is 5.88. The third kappa shape index (κ3) is 4.11. The zero-order valence-corrected chi connectivity index (χ0v) is 11.1. The molecule has 17 heavy (non-hydrogen) atoms. The number of ether oxygens (including phenoxy) is 1. The standard InChI is InChI=1S/C14H24N2O/c1-4-17-12-14(2,11-15)16(3)10-13-8-6-5-7-9-13/h5-9H,4,10-12,15H2,1-3H3. The van der Waals surface area contributed by atoms with Gasteiger partial charge in [-0.2, -0.15) is 0 Å². The minimum Gasteiger partial charge on any atom is -0.380 e. The summed E-state index contributed by atoms with van der Waals surface area (Å²) in [7, 11) is 2.10. The van der Waals surface area contributed by atoms with Gasteiger partial charge >= 0.3 is 0 Å². The van der Waals surface area contributed by atoms with Crippen LogP contribution in [0.4, 0.5) is 0 Å². The zero-order valence-electron chi connectivity index (χ0n) is 11.1. The van der Waals surface area contributed by atoms with Crippen LogP contribution < -0.4 is 5.73 Å². The third-order valence-electron chi connectivity index (χ3n) is 3.24. The van der Waals surface area contributed by atoms with Gasteiger partial charge in [-0.05, 0) is 26.5 Å². The first kappa shape index (κ1) is 14.2. The highest BCUT2D eigenvalue weighted by molar-refractivity contribution is 5.14. The fourth-order valence-electron chi connectivity index (χ4n) is 1.70. The van der Waals surface area contributed by atoms with Gasteiger partial charge in [0.05, 0.1) is 12.1 Å². The molecule has 0 aromatic heterocycles. The fourth-order valence-corrected chi connectivity index (χ4v) is 1.70. The summed E-state index contributed by atoms with van der Waals surface area (Å²) < 4.78 is 5.53. The lowest BCUT2D eigenvalue weighted by atomic mass is 10.0. The van der Waals surface area contributed by atoms with Crippen LogP contribution in [0.1, 0.15) is 19.4 Å². The highest BCUT2D eigenvalue weighted by Crippen LogP contribution is 2.16. The Balaban J connectivity index is 2.63. The van der Waals surface area contributed by atoms with Crippen LogP contribution in [0.5, 0.6) is 0 Å². The second-order valence-corrected chi connectivity index (χ2v) is 4.68. The largest absolute Gasteiger partial charge is 0.380 e. The number of likely N-dealkylation sites (N-methyl/N-ethyl adjacent to an activating group) is 1. The van der Waals surface area contributed by atoms with Crippen molar-refractivity contribution in [2.75, 3.05) is 26.8 Å². The molecule has 3 nitrogen and oxygen atoms in total. The molecule has 0 spiro atoms. The molecule has 2 N–H and O–H groups in total. The van der Waals surface area contributed by atoms with E-state index in [1.165, 1.54) is 5.56 Å². The van der Waals surface area contributed by atoms with E-state index >= 15 is 0 Å². The summed E-state index contributed by atoms with van der Waals surface area (Å²) >= 11 is 0. The third-order valence-corrected chi connectivity index (χ3v) is 3.24. The molecule has 0 aliphatic rings. The average Bonchev–Trinajstić information content (AvgIpc) is 2.37. The first-order chi connectivity index (χ1) is 8.12. The number of hydrogen-bond donors (Lipinski definition) is 1. The summed E-state index contributed by atoms with van der Waals surface area (Å²) in [5.41, 5.74) is 7.07. The molecule has 0 bridgehead atoms. The summed E-state index contributed by atoms with van der Waals surface area (Å²) in [5.74, 6) is 0. The van der Waals surface area contributed by atoms with E-state index in [0.717, 1.165) is 13.2 Å². The molecule has 0 radical (unpaired) electrons. The van der Waals surface area contributed by atoms with E-state index in [1.54, 1.807) is 0 Å². The van der Waals surface area contributed by atoms with Crippen molar-refractivity contribution in [3.05, 3.63) is 35.9 Å². The SMILES string of the molecule is CCOCC(C)(CN)N(C)Cc1ccccc1. The van der Waals surface area contributed by atoms with Gasteiger partial charge in [-0.25, -0.2) is 0 Å². The van der Waals surface area contributed by atoms with Crippen LogP contribution in [0.3, 0.4) is 0 Å². The number of nitrogens with zero attached hydrogens (tertiary/aromatic N) is 1. The van der Waals surface area contributed by atoms with Crippen molar-refractivity contribution in [3.63, 3.8) is 0 Å². The van der Waals surface area contributed by atoms with Crippen LogP contribution >= 0.6 is 0 Å². The highest BCUT2D eigenvalue weighted by Gasteiger charge is 2.27. The van der Waals surface area contributed by atoms with E-state index in [1.807, 2.05) is 13.0 Å². The maximum Gasteiger partial charge on any atom is 0.0659 e. The normalized spacial score (nSPS) is 14.9. The van der Waals surface area contributed by atoms with Crippen LogP contribution in [0.2, 0.25) is 0 Å². The summed E-state index contributed by atoms with van der Waals surface area (Å²) in [5, 5.41) is 0. The molecule has 0 heterocycles. The van der Waals surface area contributed by atoms with Gasteiger partial charge in [0, 0.05) is 19.7 Å². The molecule has 1 aromatic carbocycles. The minimum absolute atomic E-state index is 0.105. The Hall–Kier alpha value is -0.900. The van der Waals surface area contributed by atoms with Crippen molar-refractivity contribution in [1.29, 1.82) is 0 Å². The Morgan fingerprint density at radius 3 is 2.47 bits per heavy atom. The van der Waals surface area contributed by atoms with Gasteiger partial charge in [-0.1, -0.05) is 30.3 Å². The Morgan fingerprint density at radius 1 is 1.29 bits per heavy atom. The summed E-state index contributed by atoms with van der Waals surface area (Å²) in [6, 6.07) is 10.4. The van der Waals surface area contributed by atoms with Crippen LogP contribution in [-0.4, -0.2) is 37.2 Å². The highest BCUT2D eigenvalue weighted by atomic mass is 16.5. The van der Waals surface area contributed by atoms with Crippen molar-refractivity contribution in [1.82, 2.24) is 4.90 Å². The average molecular weight is 236 g/mol. The summed E-state index contributed by atoms with van der Waals surface area (Å²) in [6.45, 7) is 7.04.